The van der Waals surface area contributed by atoms with E-state index in [1.165, 1.54) is 12.1 Å². The van der Waals surface area contributed by atoms with Crippen molar-refractivity contribution in [1.29, 1.82) is 0 Å². The Morgan fingerprint density at radius 2 is 2.07 bits per heavy atom. The van der Waals surface area contributed by atoms with E-state index in [4.69, 9.17) is 9.47 Å². The number of anilines is 2. The largest absolute Gasteiger partial charge is 0.493 e. The quantitative estimate of drug-likeness (QED) is 0.588. The van der Waals surface area contributed by atoms with E-state index in [-0.39, 0.29) is 23.3 Å². The van der Waals surface area contributed by atoms with E-state index in [0.717, 1.165) is 12.8 Å². The lowest BCUT2D eigenvalue weighted by molar-refractivity contribution is -0.118. The first-order chi connectivity index (χ1) is 13.9. The number of halogens is 1. The van der Waals surface area contributed by atoms with Crippen molar-refractivity contribution in [2.75, 3.05) is 23.3 Å². The van der Waals surface area contributed by atoms with Gasteiger partial charge < -0.3 is 14.8 Å². The number of amides is 1. The van der Waals surface area contributed by atoms with Crippen LogP contribution in [0.4, 0.5) is 11.4 Å². The topological polar surface area (TPSA) is 93.7 Å². The van der Waals surface area contributed by atoms with Crippen molar-refractivity contribution in [1.82, 2.24) is 0 Å². The van der Waals surface area contributed by atoms with E-state index in [0.29, 0.717) is 34.8 Å². The van der Waals surface area contributed by atoms with Gasteiger partial charge in [0.1, 0.15) is 5.75 Å². The Morgan fingerprint density at radius 1 is 1.24 bits per heavy atom. The number of sulfonamides is 1. The molecule has 9 heteroatoms. The molecule has 1 heterocycles. The summed E-state index contributed by atoms with van der Waals surface area (Å²) in [5.41, 5.74) is 0.817. The number of ether oxygens (including phenoxy) is 2. The molecule has 3 rings (SSSR count). The Balaban J connectivity index is 1.69. The molecule has 7 nitrogen and oxygen atoms in total. The van der Waals surface area contributed by atoms with Gasteiger partial charge >= 0.3 is 0 Å². The Bertz CT molecular complexity index is 975. The highest BCUT2D eigenvalue weighted by Crippen LogP contribution is 2.29. The normalized spacial score (nSPS) is 16.4. The minimum Gasteiger partial charge on any atom is -0.493 e. The SMILES string of the molecule is CCOc1ccc(NS(=O)(=O)c2cccc(NC(=O)CC3CCCO3)c2)cc1Br. The fourth-order valence-electron chi connectivity index (χ4n) is 3.02. The second-order valence-electron chi connectivity index (χ2n) is 6.60. The molecule has 2 N–H and O–H groups in total. The van der Waals surface area contributed by atoms with E-state index >= 15 is 0 Å². The molecule has 0 saturated carbocycles. The van der Waals surface area contributed by atoms with Crippen molar-refractivity contribution >= 4 is 43.2 Å². The van der Waals surface area contributed by atoms with E-state index in [2.05, 4.69) is 26.0 Å². The van der Waals surface area contributed by atoms with Gasteiger partial charge in [0, 0.05) is 12.3 Å². The van der Waals surface area contributed by atoms with Crippen LogP contribution in [0, 0.1) is 0 Å². The number of carbonyl (C=O) groups is 1. The first-order valence-electron chi connectivity index (χ1n) is 9.34. The minimum absolute atomic E-state index is 0.0532. The maximum Gasteiger partial charge on any atom is 0.261 e. The summed E-state index contributed by atoms with van der Waals surface area (Å²) in [5.74, 6) is 0.432. The molecule has 0 spiro atoms. The maximum atomic E-state index is 12.7. The molecule has 0 aromatic heterocycles. The molecule has 1 saturated heterocycles. The standard InChI is InChI=1S/C20H23BrN2O5S/c1-2-27-19-9-8-15(12-18(19)21)23-29(25,26)17-7-3-5-14(11-17)22-20(24)13-16-6-4-10-28-16/h3,5,7-9,11-12,16,23H,2,4,6,10,13H2,1H3,(H,22,24). The number of carbonyl (C=O) groups excluding carboxylic acids is 1. The molecule has 1 fully saturated rings. The van der Waals surface area contributed by atoms with Crippen molar-refractivity contribution in [3.05, 3.63) is 46.9 Å². The van der Waals surface area contributed by atoms with E-state index in [1.54, 1.807) is 30.3 Å². The Labute approximate surface area is 179 Å². The van der Waals surface area contributed by atoms with Crippen LogP contribution in [0.15, 0.2) is 51.8 Å². The predicted molar refractivity (Wildman–Crippen MR) is 115 cm³/mol. The molecule has 1 unspecified atom stereocenters. The molecule has 0 bridgehead atoms. The van der Waals surface area contributed by atoms with E-state index < -0.39 is 10.0 Å². The van der Waals surface area contributed by atoms with Gasteiger partial charge in [0.15, 0.2) is 0 Å². The average Bonchev–Trinajstić information content (AvgIpc) is 3.17. The highest BCUT2D eigenvalue weighted by atomic mass is 79.9. The first-order valence-corrected chi connectivity index (χ1v) is 11.6. The van der Waals surface area contributed by atoms with Crippen LogP contribution in [0.1, 0.15) is 26.2 Å². The number of hydrogen-bond acceptors (Lipinski definition) is 5. The Kier molecular flexibility index (Phi) is 7.15. The van der Waals surface area contributed by atoms with Crippen LogP contribution in [0.3, 0.4) is 0 Å². The Hall–Kier alpha value is -2.10. The van der Waals surface area contributed by atoms with Crippen LogP contribution in [0.25, 0.3) is 0 Å². The highest BCUT2D eigenvalue weighted by Gasteiger charge is 2.20. The fraction of sp³-hybridized carbons (Fsp3) is 0.350. The third kappa shape index (κ3) is 5.94. The molecule has 156 valence electrons. The van der Waals surface area contributed by atoms with Crippen molar-refractivity contribution in [2.45, 2.75) is 37.2 Å². The average molecular weight is 483 g/mol. The zero-order valence-corrected chi connectivity index (χ0v) is 18.4. The molecule has 1 aliphatic heterocycles. The molecule has 2 aromatic rings. The lowest BCUT2D eigenvalue weighted by Crippen LogP contribution is -2.19. The second-order valence-corrected chi connectivity index (χ2v) is 9.14. The van der Waals surface area contributed by atoms with Gasteiger partial charge in [0.2, 0.25) is 5.91 Å². The molecule has 1 atom stereocenters. The van der Waals surface area contributed by atoms with Crippen LogP contribution >= 0.6 is 15.9 Å². The number of benzene rings is 2. The van der Waals surface area contributed by atoms with Crippen molar-refractivity contribution in [3.63, 3.8) is 0 Å². The molecule has 0 aliphatic carbocycles. The van der Waals surface area contributed by atoms with Crippen LogP contribution in [-0.2, 0) is 19.6 Å². The summed E-state index contributed by atoms with van der Waals surface area (Å²) >= 11 is 3.37. The molecule has 0 radical (unpaired) electrons. The molecule has 1 amide bonds. The van der Waals surface area contributed by atoms with Gasteiger partial charge in [-0.3, -0.25) is 9.52 Å². The third-order valence-electron chi connectivity index (χ3n) is 4.35. The van der Waals surface area contributed by atoms with Crippen LogP contribution in [-0.4, -0.2) is 33.6 Å². The van der Waals surface area contributed by atoms with Crippen LogP contribution in [0.2, 0.25) is 0 Å². The van der Waals surface area contributed by atoms with E-state index in [1.807, 2.05) is 6.92 Å². The predicted octanol–water partition coefficient (Wildman–Crippen LogP) is 4.16. The van der Waals surface area contributed by atoms with E-state index in [9.17, 15) is 13.2 Å². The third-order valence-corrected chi connectivity index (χ3v) is 6.35. The molecular formula is C20H23BrN2O5S. The summed E-state index contributed by atoms with van der Waals surface area (Å²) in [7, 11) is -3.82. The summed E-state index contributed by atoms with van der Waals surface area (Å²) in [6.45, 7) is 3.06. The van der Waals surface area contributed by atoms with Gasteiger partial charge in [-0.2, -0.15) is 0 Å². The van der Waals surface area contributed by atoms with Crippen molar-refractivity contribution < 1.29 is 22.7 Å². The van der Waals surface area contributed by atoms with Gasteiger partial charge in [-0.25, -0.2) is 8.42 Å². The number of nitrogens with one attached hydrogen (secondary N) is 2. The van der Waals surface area contributed by atoms with Crippen LogP contribution < -0.4 is 14.8 Å². The summed E-state index contributed by atoms with van der Waals surface area (Å²) in [5, 5.41) is 2.74. The summed E-state index contributed by atoms with van der Waals surface area (Å²) in [4.78, 5) is 12.2. The fourth-order valence-corrected chi connectivity index (χ4v) is 4.60. The van der Waals surface area contributed by atoms with Crippen LogP contribution in [0.5, 0.6) is 5.75 Å². The van der Waals surface area contributed by atoms with Gasteiger partial charge in [0.05, 0.1) is 34.2 Å². The highest BCUT2D eigenvalue weighted by molar-refractivity contribution is 9.10. The zero-order valence-electron chi connectivity index (χ0n) is 16.0. The zero-order chi connectivity index (χ0) is 20.9. The van der Waals surface area contributed by atoms with Gasteiger partial charge in [-0.1, -0.05) is 6.07 Å². The monoisotopic (exact) mass is 482 g/mol. The Morgan fingerprint density at radius 3 is 2.76 bits per heavy atom. The number of hydrogen-bond donors (Lipinski definition) is 2. The van der Waals surface area contributed by atoms with Gasteiger partial charge in [-0.05, 0) is 72.1 Å². The smallest absolute Gasteiger partial charge is 0.261 e. The number of rotatable bonds is 8. The molecular weight excluding hydrogens is 460 g/mol. The summed E-state index contributed by atoms with van der Waals surface area (Å²) in [6.07, 6.45) is 2.01. The van der Waals surface area contributed by atoms with Gasteiger partial charge in [0.25, 0.3) is 10.0 Å². The maximum absolute atomic E-state index is 12.7. The lowest BCUT2D eigenvalue weighted by atomic mass is 10.2. The van der Waals surface area contributed by atoms with Gasteiger partial charge in [-0.15, -0.1) is 0 Å². The second kappa shape index (κ2) is 9.60. The van der Waals surface area contributed by atoms with Crippen molar-refractivity contribution in [3.8, 4) is 5.75 Å². The lowest BCUT2D eigenvalue weighted by Gasteiger charge is -2.13. The summed E-state index contributed by atoms with van der Waals surface area (Å²) in [6, 6.07) is 11.1. The molecule has 29 heavy (non-hydrogen) atoms. The minimum atomic E-state index is -3.82. The first kappa shape index (κ1) is 21.6. The molecule has 1 aliphatic rings. The molecule has 2 aromatic carbocycles. The van der Waals surface area contributed by atoms with Crippen molar-refractivity contribution in [2.24, 2.45) is 0 Å². The summed E-state index contributed by atoms with van der Waals surface area (Å²) < 4.78 is 39.6.